The van der Waals surface area contributed by atoms with Gasteiger partial charge in [-0.15, -0.1) is 6.42 Å². The van der Waals surface area contributed by atoms with Gasteiger partial charge in [0.1, 0.15) is 5.82 Å². The largest absolute Gasteiger partial charge is 0.316 e. The maximum Gasteiger partial charge on any atom is 0.227 e. The summed E-state index contributed by atoms with van der Waals surface area (Å²) < 4.78 is 2.07. The third-order valence-corrected chi connectivity index (χ3v) is 5.09. The number of anilines is 1. The van der Waals surface area contributed by atoms with Crippen molar-refractivity contribution in [1.82, 2.24) is 9.55 Å². The molecule has 4 rings (SSSR count). The summed E-state index contributed by atoms with van der Waals surface area (Å²) in [5, 5.41) is 0. The summed E-state index contributed by atoms with van der Waals surface area (Å²) in [5.41, 5.74) is 4.17. The van der Waals surface area contributed by atoms with E-state index in [0.29, 0.717) is 19.5 Å². The number of hydrogen-bond donors (Lipinski definition) is 0. The maximum absolute atomic E-state index is 12.8. The van der Waals surface area contributed by atoms with Crippen LogP contribution >= 0.6 is 0 Å². The van der Waals surface area contributed by atoms with E-state index < -0.39 is 0 Å². The van der Waals surface area contributed by atoms with Gasteiger partial charge < -0.3 is 9.47 Å². The molecule has 1 saturated heterocycles. The van der Waals surface area contributed by atoms with Crippen LogP contribution < -0.4 is 4.90 Å². The minimum Gasteiger partial charge on any atom is -0.316 e. The highest BCUT2D eigenvalue weighted by Crippen LogP contribution is 2.34. The molecule has 0 spiro atoms. The summed E-state index contributed by atoms with van der Waals surface area (Å²) in [6, 6.07) is 16.1. The number of carbonyl (C=O) groups is 1. The first-order valence-corrected chi connectivity index (χ1v) is 8.99. The normalized spacial score (nSPS) is 17.0. The molecule has 1 aliphatic heterocycles. The highest BCUT2D eigenvalue weighted by Gasteiger charge is 2.35. The fourth-order valence-corrected chi connectivity index (χ4v) is 3.85. The van der Waals surface area contributed by atoms with E-state index >= 15 is 0 Å². The highest BCUT2D eigenvalue weighted by molar-refractivity contribution is 5.97. The molecule has 0 radical (unpaired) electrons. The molecule has 0 aliphatic carbocycles. The van der Waals surface area contributed by atoms with Gasteiger partial charge in [0.2, 0.25) is 5.91 Å². The summed E-state index contributed by atoms with van der Waals surface area (Å²) in [7, 11) is 0. The van der Waals surface area contributed by atoms with Crippen LogP contribution in [0.2, 0.25) is 0 Å². The van der Waals surface area contributed by atoms with E-state index in [1.54, 1.807) is 0 Å². The number of carbonyl (C=O) groups excluding carboxylic acids is 1. The van der Waals surface area contributed by atoms with Crippen LogP contribution in [0.3, 0.4) is 0 Å². The van der Waals surface area contributed by atoms with Gasteiger partial charge in [0.25, 0.3) is 0 Å². The first-order valence-electron chi connectivity index (χ1n) is 8.99. The van der Waals surface area contributed by atoms with Crippen molar-refractivity contribution < 1.29 is 4.79 Å². The minimum absolute atomic E-state index is 0.0492. The van der Waals surface area contributed by atoms with Gasteiger partial charge in [0, 0.05) is 24.6 Å². The molecule has 4 nitrogen and oxygen atoms in total. The van der Waals surface area contributed by atoms with Crippen molar-refractivity contribution in [2.75, 3.05) is 11.4 Å². The number of aryl methyl sites for hydroxylation is 1. The van der Waals surface area contributed by atoms with E-state index in [0.717, 1.165) is 29.0 Å². The van der Waals surface area contributed by atoms with Crippen molar-refractivity contribution in [1.29, 1.82) is 0 Å². The number of terminal acetylenes is 1. The zero-order valence-corrected chi connectivity index (χ0v) is 14.9. The number of imidazole rings is 1. The molecule has 0 N–H and O–H groups in total. The molecule has 1 aromatic heterocycles. The minimum atomic E-state index is 0.0492. The molecule has 26 heavy (non-hydrogen) atoms. The molecule has 130 valence electrons. The smallest absolute Gasteiger partial charge is 0.227 e. The lowest BCUT2D eigenvalue weighted by atomic mass is 10.1. The lowest BCUT2D eigenvalue weighted by Crippen LogP contribution is -2.25. The fraction of sp³-hybridized carbons (Fsp3) is 0.273. The number of nitrogens with zero attached hydrogens (tertiary/aromatic N) is 3. The number of aromatic nitrogens is 2. The SMILES string of the molecule is C#CCn1c(C2CC(=O)N(c3ccccc3CC)C2)nc2ccccc21. The van der Waals surface area contributed by atoms with Crippen LogP contribution in [0.5, 0.6) is 0 Å². The zero-order valence-electron chi connectivity index (χ0n) is 14.9. The predicted octanol–water partition coefficient (Wildman–Crippen LogP) is 3.75. The summed E-state index contributed by atoms with van der Waals surface area (Å²) >= 11 is 0. The van der Waals surface area contributed by atoms with Gasteiger partial charge in [0.15, 0.2) is 0 Å². The summed E-state index contributed by atoms with van der Waals surface area (Å²) in [5.74, 6) is 3.83. The Bertz CT molecular complexity index is 1010. The first kappa shape index (κ1) is 16.4. The Labute approximate surface area is 153 Å². The molecular weight excluding hydrogens is 322 g/mol. The number of benzene rings is 2. The topological polar surface area (TPSA) is 38.1 Å². The van der Waals surface area contributed by atoms with E-state index in [1.807, 2.05) is 47.4 Å². The third-order valence-electron chi connectivity index (χ3n) is 5.09. The number of rotatable bonds is 4. The summed E-state index contributed by atoms with van der Waals surface area (Å²) in [6.45, 7) is 3.22. The predicted molar refractivity (Wildman–Crippen MR) is 104 cm³/mol. The van der Waals surface area contributed by atoms with Crippen molar-refractivity contribution in [3.63, 3.8) is 0 Å². The average Bonchev–Trinajstić information content (AvgIpc) is 3.23. The maximum atomic E-state index is 12.8. The van der Waals surface area contributed by atoms with Crippen LogP contribution in [0, 0.1) is 12.3 Å². The van der Waals surface area contributed by atoms with Gasteiger partial charge in [-0.2, -0.15) is 0 Å². The van der Waals surface area contributed by atoms with E-state index in [2.05, 4.69) is 23.5 Å². The van der Waals surface area contributed by atoms with Crippen molar-refractivity contribution in [2.24, 2.45) is 0 Å². The van der Waals surface area contributed by atoms with Crippen LogP contribution in [-0.4, -0.2) is 22.0 Å². The van der Waals surface area contributed by atoms with E-state index in [9.17, 15) is 4.79 Å². The standard InChI is InChI=1S/C22H21N3O/c1-3-13-24-20-12-8-6-10-18(20)23-22(24)17-14-21(26)25(15-17)19-11-7-5-9-16(19)4-2/h1,5-12,17H,4,13-15H2,2H3. The second kappa shape index (κ2) is 6.68. The Morgan fingerprint density at radius 2 is 1.96 bits per heavy atom. The van der Waals surface area contributed by atoms with Gasteiger partial charge in [-0.1, -0.05) is 43.2 Å². The molecule has 2 aromatic carbocycles. The van der Waals surface area contributed by atoms with Crippen LogP contribution in [0.1, 0.15) is 30.7 Å². The number of amides is 1. The Balaban J connectivity index is 1.73. The number of para-hydroxylation sites is 3. The quantitative estimate of drug-likeness (QED) is 0.677. The molecule has 0 saturated carbocycles. The van der Waals surface area contributed by atoms with Gasteiger partial charge in [-0.3, -0.25) is 4.79 Å². The molecule has 1 unspecified atom stereocenters. The van der Waals surface area contributed by atoms with Gasteiger partial charge >= 0.3 is 0 Å². The molecule has 1 atom stereocenters. The van der Waals surface area contributed by atoms with Crippen LogP contribution in [0.25, 0.3) is 11.0 Å². The molecule has 3 aromatic rings. The van der Waals surface area contributed by atoms with Crippen LogP contribution in [0.15, 0.2) is 48.5 Å². The monoisotopic (exact) mass is 343 g/mol. The lowest BCUT2D eigenvalue weighted by molar-refractivity contribution is -0.117. The molecule has 1 fully saturated rings. The van der Waals surface area contributed by atoms with E-state index in [1.165, 1.54) is 5.56 Å². The van der Waals surface area contributed by atoms with Crippen molar-refractivity contribution in [3.8, 4) is 12.3 Å². The second-order valence-electron chi connectivity index (χ2n) is 6.64. The fourth-order valence-electron chi connectivity index (χ4n) is 3.85. The summed E-state index contributed by atoms with van der Waals surface area (Å²) in [4.78, 5) is 19.5. The van der Waals surface area contributed by atoms with Crippen molar-refractivity contribution in [3.05, 3.63) is 59.9 Å². The first-order chi connectivity index (χ1) is 12.7. The van der Waals surface area contributed by atoms with E-state index in [-0.39, 0.29) is 11.8 Å². The van der Waals surface area contributed by atoms with Crippen LogP contribution in [0.4, 0.5) is 5.69 Å². The Hall–Kier alpha value is -3.06. The number of fused-ring (bicyclic) bond motifs is 1. The highest BCUT2D eigenvalue weighted by atomic mass is 16.2. The Morgan fingerprint density at radius 1 is 1.19 bits per heavy atom. The van der Waals surface area contributed by atoms with Crippen LogP contribution in [-0.2, 0) is 17.8 Å². The molecule has 4 heteroatoms. The average molecular weight is 343 g/mol. The van der Waals surface area contributed by atoms with Crippen molar-refractivity contribution >= 4 is 22.6 Å². The van der Waals surface area contributed by atoms with E-state index in [4.69, 9.17) is 11.4 Å². The summed E-state index contributed by atoms with van der Waals surface area (Å²) in [6.07, 6.45) is 6.95. The zero-order chi connectivity index (χ0) is 18.1. The molecular formula is C22H21N3O. The molecule has 2 heterocycles. The molecule has 0 bridgehead atoms. The number of hydrogen-bond acceptors (Lipinski definition) is 2. The molecule has 1 aliphatic rings. The Morgan fingerprint density at radius 3 is 2.77 bits per heavy atom. The molecule has 1 amide bonds. The van der Waals surface area contributed by atoms with Gasteiger partial charge in [-0.25, -0.2) is 4.98 Å². The van der Waals surface area contributed by atoms with Gasteiger partial charge in [0.05, 0.1) is 17.6 Å². The second-order valence-corrected chi connectivity index (χ2v) is 6.64. The Kier molecular flexibility index (Phi) is 4.22. The van der Waals surface area contributed by atoms with Crippen molar-refractivity contribution in [2.45, 2.75) is 32.2 Å². The third kappa shape index (κ3) is 2.66. The lowest BCUT2D eigenvalue weighted by Gasteiger charge is -2.20. The van der Waals surface area contributed by atoms with Gasteiger partial charge in [-0.05, 0) is 30.2 Å².